The van der Waals surface area contributed by atoms with E-state index in [2.05, 4.69) is 29.4 Å². The molecule has 0 aliphatic carbocycles. The minimum atomic E-state index is -0.616. The van der Waals surface area contributed by atoms with Crippen molar-refractivity contribution in [3.8, 4) is 0 Å². The standard InChI is InChI=1S/C23H31N3O2/c1-6-26(7-2)19-14-12-18(13-15-19)24-23(28)21(16(3)4)25-22(27)20-11-9-8-10-17(20)5/h8-16,21H,6-7H2,1-5H3,(H,24,28)(H,25,27). The minimum absolute atomic E-state index is 0.0390. The molecule has 2 amide bonds. The van der Waals surface area contributed by atoms with Crippen LogP contribution in [0.4, 0.5) is 11.4 Å². The number of amides is 2. The van der Waals surface area contributed by atoms with Gasteiger partial charge in [-0.1, -0.05) is 32.0 Å². The maximum atomic E-state index is 12.8. The lowest BCUT2D eigenvalue weighted by Crippen LogP contribution is -2.47. The zero-order chi connectivity index (χ0) is 20.7. The molecular weight excluding hydrogens is 350 g/mol. The van der Waals surface area contributed by atoms with Crippen molar-refractivity contribution in [3.05, 3.63) is 59.7 Å². The molecule has 1 atom stereocenters. The Balaban J connectivity index is 2.09. The van der Waals surface area contributed by atoms with Crippen LogP contribution < -0.4 is 15.5 Å². The molecule has 0 aliphatic heterocycles. The van der Waals surface area contributed by atoms with Gasteiger partial charge >= 0.3 is 0 Å². The molecule has 0 spiro atoms. The molecule has 28 heavy (non-hydrogen) atoms. The lowest BCUT2D eigenvalue weighted by atomic mass is 10.0. The van der Waals surface area contributed by atoms with E-state index in [4.69, 9.17) is 0 Å². The van der Waals surface area contributed by atoms with E-state index in [0.29, 0.717) is 5.56 Å². The van der Waals surface area contributed by atoms with Crippen LogP contribution in [0.5, 0.6) is 0 Å². The van der Waals surface area contributed by atoms with Crippen LogP contribution in [0, 0.1) is 12.8 Å². The second-order valence-corrected chi connectivity index (χ2v) is 7.22. The lowest BCUT2D eigenvalue weighted by molar-refractivity contribution is -0.118. The van der Waals surface area contributed by atoms with Crippen LogP contribution in [0.1, 0.15) is 43.6 Å². The Morgan fingerprint density at radius 3 is 2.11 bits per heavy atom. The van der Waals surface area contributed by atoms with Gasteiger partial charge in [0.05, 0.1) is 0 Å². The number of aryl methyl sites for hydroxylation is 1. The summed E-state index contributed by atoms with van der Waals surface area (Å²) in [5.74, 6) is -0.487. The molecule has 0 saturated heterocycles. The molecule has 0 radical (unpaired) electrons. The van der Waals surface area contributed by atoms with Gasteiger partial charge in [0.25, 0.3) is 5.91 Å². The number of hydrogen-bond acceptors (Lipinski definition) is 3. The number of nitrogens with zero attached hydrogens (tertiary/aromatic N) is 1. The predicted molar refractivity (Wildman–Crippen MR) is 116 cm³/mol. The third-order valence-electron chi connectivity index (χ3n) is 4.89. The van der Waals surface area contributed by atoms with E-state index < -0.39 is 6.04 Å². The molecule has 2 aromatic carbocycles. The van der Waals surface area contributed by atoms with Crippen molar-refractivity contribution in [3.63, 3.8) is 0 Å². The van der Waals surface area contributed by atoms with E-state index in [1.165, 1.54) is 0 Å². The topological polar surface area (TPSA) is 61.4 Å². The van der Waals surface area contributed by atoms with Gasteiger partial charge in [0.1, 0.15) is 6.04 Å². The first kappa shape index (κ1) is 21.5. The van der Waals surface area contributed by atoms with Crippen LogP contribution in [-0.2, 0) is 4.79 Å². The Labute approximate surface area is 168 Å². The summed E-state index contributed by atoms with van der Waals surface area (Å²) in [5.41, 5.74) is 3.31. The van der Waals surface area contributed by atoms with Crippen LogP contribution in [-0.4, -0.2) is 30.9 Å². The maximum Gasteiger partial charge on any atom is 0.252 e. The van der Waals surface area contributed by atoms with Crippen molar-refractivity contribution in [2.75, 3.05) is 23.3 Å². The SMILES string of the molecule is CCN(CC)c1ccc(NC(=O)C(NC(=O)c2ccccc2C)C(C)C)cc1. The number of hydrogen-bond donors (Lipinski definition) is 2. The summed E-state index contributed by atoms with van der Waals surface area (Å²) < 4.78 is 0. The number of carbonyl (C=O) groups excluding carboxylic acids is 2. The highest BCUT2D eigenvalue weighted by Gasteiger charge is 2.25. The van der Waals surface area contributed by atoms with E-state index in [-0.39, 0.29) is 17.7 Å². The second-order valence-electron chi connectivity index (χ2n) is 7.22. The summed E-state index contributed by atoms with van der Waals surface area (Å²) >= 11 is 0. The lowest BCUT2D eigenvalue weighted by Gasteiger charge is -2.23. The fourth-order valence-corrected chi connectivity index (χ4v) is 3.15. The average molecular weight is 382 g/mol. The first-order chi connectivity index (χ1) is 13.4. The summed E-state index contributed by atoms with van der Waals surface area (Å²) in [6.07, 6.45) is 0. The molecule has 0 heterocycles. The normalized spacial score (nSPS) is 11.8. The fraction of sp³-hybridized carbons (Fsp3) is 0.391. The molecule has 0 aliphatic rings. The van der Waals surface area contributed by atoms with Gasteiger partial charge in [-0.2, -0.15) is 0 Å². The molecule has 150 valence electrons. The van der Waals surface area contributed by atoms with E-state index in [9.17, 15) is 9.59 Å². The highest BCUT2D eigenvalue weighted by molar-refractivity contribution is 6.02. The Morgan fingerprint density at radius 2 is 1.57 bits per heavy atom. The third-order valence-corrected chi connectivity index (χ3v) is 4.89. The zero-order valence-electron chi connectivity index (χ0n) is 17.5. The zero-order valence-corrected chi connectivity index (χ0v) is 17.5. The molecule has 5 nitrogen and oxygen atoms in total. The molecule has 0 bridgehead atoms. The molecule has 5 heteroatoms. The largest absolute Gasteiger partial charge is 0.372 e. The van der Waals surface area contributed by atoms with E-state index >= 15 is 0 Å². The monoisotopic (exact) mass is 381 g/mol. The van der Waals surface area contributed by atoms with Gasteiger partial charge in [0.2, 0.25) is 5.91 Å². The molecule has 2 aromatic rings. The van der Waals surface area contributed by atoms with E-state index in [1.807, 2.05) is 63.2 Å². The highest BCUT2D eigenvalue weighted by atomic mass is 16.2. The van der Waals surface area contributed by atoms with Crippen LogP contribution in [0.25, 0.3) is 0 Å². The Hall–Kier alpha value is -2.82. The predicted octanol–water partition coefficient (Wildman–Crippen LogP) is 4.23. The van der Waals surface area contributed by atoms with Crippen molar-refractivity contribution in [1.82, 2.24) is 5.32 Å². The summed E-state index contributed by atoms with van der Waals surface area (Å²) in [4.78, 5) is 27.7. The van der Waals surface area contributed by atoms with Gasteiger partial charge in [0.15, 0.2) is 0 Å². The van der Waals surface area contributed by atoms with E-state index in [1.54, 1.807) is 6.07 Å². The highest BCUT2D eigenvalue weighted by Crippen LogP contribution is 2.18. The number of carbonyl (C=O) groups is 2. The fourth-order valence-electron chi connectivity index (χ4n) is 3.15. The molecule has 0 saturated carbocycles. The molecule has 1 unspecified atom stereocenters. The van der Waals surface area contributed by atoms with Gasteiger partial charge in [-0.15, -0.1) is 0 Å². The van der Waals surface area contributed by atoms with Crippen LogP contribution in [0.3, 0.4) is 0 Å². The van der Waals surface area contributed by atoms with Crippen molar-refractivity contribution < 1.29 is 9.59 Å². The molecular formula is C23H31N3O2. The number of rotatable bonds is 8. The van der Waals surface area contributed by atoms with Crippen LogP contribution in [0.2, 0.25) is 0 Å². The van der Waals surface area contributed by atoms with Gasteiger partial charge in [0, 0.05) is 30.0 Å². The summed E-state index contributed by atoms with van der Waals surface area (Å²) in [6.45, 7) is 11.8. The van der Waals surface area contributed by atoms with E-state index in [0.717, 1.165) is 30.0 Å². The molecule has 0 aromatic heterocycles. The Kier molecular flexibility index (Phi) is 7.61. The molecule has 2 N–H and O–H groups in total. The quantitative estimate of drug-likeness (QED) is 0.719. The van der Waals surface area contributed by atoms with Gasteiger partial charge in [-0.05, 0) is 62.6 Å². The molecule has 0 fully saturated rings. The van der Waals surface area contributed by atoms with Crippen molar-refractivity contribution in [1.29, 1.82) is 0 Å². The smallest absolute Gasteiger partial charge is 0.252 e. The van der Waals surface area contributed by atoms with Gasteiger partial charge < -0.3 is 15.5 Å². The van der Waals surface area contributed by atoms with Gasteiger partial charge in [-0.25, -0.2) is 0 Å². The average Bonchev–Trinajstić information content (AvgIpc) is 2.68. The third kappa shape index (κ3) is 5.35. The van der Waals surface area contributed by atoms with Gasteiger partial charge in [-0.3, -0.25) is 9.59 Å². The Bertz CT molecular complexity index is 796. The Morgan fingerprint density at radius 1 is 0.964 bits per heavy atom. The maximum absolute atomic E-state index is 12.8. The summed E-state index contributed by atoms with van der Waals surface area (Å²) in [6, 6.07) is 14.5. The summed E-state index contributed by atoms with van der Waals surface area (Å²) in [7, 11) is 0. The van der Waals surface area contributed by atoms with Crippen LogP contribution in [0.15, 0.2) is 48.5 Å². The number of anilines is 2. The molecule has 2 rings (SSSR count). The first-order valence-electron chi connectivity index (χ1n) is 9.89. The second kappa shape index (κ2) is 9.93. The number of benzene rings is 2. The number of nitrogens with one attached hydrogen (secondary N) is 2. The first-order valence-corrected chi connectivity index (χ1v) is 9.89. The van der Waals surface area contributed by atoms with Crippen molar-refractivity contribution >= 4 is 23.2 Å². The minimum Gasteiger partial charge on any atom is -0.372 e. The van der Waals surface area contributed by atoms with Crippen molar-refractivity contribution in [2.24, 2.45) is 5.92 Å². The summed E-state index contributed by atoms with van der Waals surface area (Å²) in [5, 5.41) is 5.81. The van der Waals surface area contributed by atoms with Crippen LogP contribution >= 0.6 is 0 Å². The van der Waals surface area contributed by atoms with Crippen molar-refractivity contribution in [2.45, 2.75) is 40.7 Å².